The fraction of sp³-hybridized carbons (Fsp3) is 0.250. The Morgan fingerprint density at radius 1 is 1.25 bits per heavy atom. The van der Waals surface area contributed by atoms with Crippen LogP contribution in [0.15, 0.2) is 41.6 Å². The third-order valence-electron chi connectivity index (χ3n) is 2.62. The summed E-state index contributed by atoms with van der Waals surface area (Å²) in [6.07, 6.45) is 3.93. The lowest BCUT2D eigenvalue weighted by molar-refractivity contribution is 0.503. The first-order valence-corrected chi connectivity index (χ1v) is 7.39. The smallest absolute Gasteiger partial charge is 0.240 e. The molecular formula is C12H13F2N3O2S. The molecule has 5 nitrogen and oxygen atoms in total. The number of rotatable bonds is 6. The first-order valence-electron chi connectivity index (χ1n) is 5.91. The predicted molar refractivity (Wildman–Crippen MR) is 68.4 cm³/mol. The molecule has 0 atom stereocenters. The molecule has 0 radical (unpaired) electrons. The second kappa shape index (κ2) is 6.10. The molecule has 0 fully saturated rings. The zero-order valence-corrected chi connectivity index (χ0v) is 11.3. The maximum atomic E-state index is 13.0. The van der Waals surface area contributed by atoms with Crippen LogP contribution >= 0.6 is 0 Å². The molecule has 0 bridgehead atoms. The van der Waals surface area contributed by atoms with Gasteiger partial charge in [0.1, 0.15) is 0 Å². The van der Waals surface area contributed by atoms with Crippen LogP contribution in [0.25, 0.3) is 0 Å². The number of nitrogens with one attached hydrogen (secondary N) is 1. The lowest BCUT2D eigenvalue weighted by Crippen LogP contribution is -2.25. The molecule has 1 aromatic heterocycles. The first kappa shape index (κ1) is 14.6. The monoisotopic (exact) mass is 301 g/mol. The summed E-state index contributed by atoms with van der Waals surface area (Å²) in [6, 6.07) is 4.23. The van der Waals surface area contributed by atoms with E-state index < -0.39 is 21.7 Å². The minimum Gasteiger partial charge on any atom is -0.273 e. The van der Waals surface area contributed by atoms with Crippen molar-refractivity contribution in [3.8, 4) is 0 Å². The molecule has 1 N–H and O–H groups in total. The van der Waals surface area contributed by atoms with Gasteiger partial charge in [-0.15, -0.1) is 0 Å². The van der Waals surface area contributed by atoms with Crippen molar-refractivity contribution in [2.45, 2.75) is 17.9 Å². The van der Waals surface area contributed by atoms with Gasteiger partial charge in [0.05, 0.1) is 4.90 Å². The van der Waals surface area contributed by atoms with E-state index in [0.717, 1.165) is 12.1 Å². The third-order valence-corrected chi connectivity index (χ3v) is 4.08. The normalized spacial score (nSPS) is 11.7. The summed E-state index contributed by atoms with van der Waals surface area (Å²) in [6.45, 7) is 0.745. The van der Waals surface area contributed by atoms with E-state index in [1.165, 1.54) is 0 Å². The molecule has 0 spiro atoms. The van der Waals surface area contributed by atoms with Crippen LogP contribution in [0, 0.1) is 11.6 Å². The van der Waals surface area contributed by atoms with Crippen molar-refractivity contribution in [3.05, 3.63) is 48.3 Å². The van der Waals surface area contributed by atoms with Gasteiger partial charge >= 0.3 is 0 Å². The largest absolute Gasteiger partial charge is 0.273 e. The lowest BCUT2D eigenvalue weighted by Gasteiger charge is -2.07. The van der Waals surface area contributed by atoms with E-state index in [0.29, 0.717) is 19.0 Å². The number of sulfonamides is 1. The Balaban J connectivity index is 1.92. The number of aryl methyl sites for hydroxylation is 1. The Hall–Kier alpha value is -1.80. The standard InChI is InChI=1S/C12H13F2N3O2S/c13-11-4-3-10(9-12(11)14)20(18,19)16-6-2-8-17-7-1-5-15-17/h1,3-5,7,9,16H,2,6,8H2. The molecule has 0 amide bonds. The van der Waals surface area contributed by atoms with Crippen molar-refractivity contribution in [2.75, 3.05) is 6.54 Å². The van der Waals surface area contributed by atoms with E-state index >= 15 is 0 Å². The Kier molecular flexibility index (Phi) is 4.46. The minimum absolute atomic E-state index is 0.182. The van der Waals surface area contributed by atoms with E-state index in [1.807, 2.05) is 0 Å². The van der Waals surface area contributed by atoms with Gasteiger partial charge in [0.25, 0.3) is 0 Å². The van der Waals surface area contributed by atoms with Gasteiger partial charge in [0, 0.05) is 25.5 Å². The zero-order valence-electron chi connectivity index (χ0n) is 10.5. The Morgan fingerprint density at radius 2 is 2.05 bits per heavy atom. The Bertz CT molecular complexity index is 672. The molecule has 0 saturated carbocycles. The van der Waals surface area contributed by atoms with Crippen molar-refractivity contribution in [3.63, 3.8) is 0 Å². The van der Waals surface area contributed by atoms with Gasteiger partial charge in [-0.3, -0.25) is 4.68 Å². The molecular weight excluding hydrogens is 288 g/mol. The molecule has 20 heavy (non-hydrogen) atoms. The van der Waals surface area contributed by atoms with E-state index in [-0.39, 0.29) is 11.4 Å². The third kappa shape index (κ3) is 3.61. The van der Waals surface area contributed by atoms with Crippen LogP contribution in [-0.4, -0.2) is 24.7 Å². The number of nitrogens with zero attached hydrogens (tertiary/aromatic N) is 2. The quantitative estimate of drug-likeness (QED) is 0.823. The molecule has 0 saturated heterocycles. The average Bonchev–Trinajstić information content (AvgIpc) is 2.91. The minimum atomic E-state index is -3.83. The van der Waals surface area contributed by atoms with Crippen LogP contribution in [0.4, 0.5) is 8.78 Å². The fourth-order valence-electron chi connectivity index (χ4n) is 1.61. The topological polar surface area (TPSA) is 64.0 Å². The number of hydrogen-bond acceptors (Lipinski definition) is 3. The van der Waals surface area contributed by atoms with Crippen LogP contribution in [0.1, 0.15) is 6.42 Å². The van der Waals surface area contributed by atoms with Crippen LogP contribution in [-0.2, 0) is 16.6 Å². The Morgan fingerprint density at radius 3 is 2.70 bits per heavy atom. The van der Waals surface area contributed by atoms with E-state index in [1.54, 1.807) is 23.1 Å². The molecule has 1 aromatic carbocycles. The Labute approximate surface area is 115 Å². The molecule has 0 aliphatic heterocycles. The summed E-state index contributed by atoms with van der Waals surface area (Å²) in [5.41, 5.74) is 0. The number of halogens is 2. The molecule has 0 aliphatic rings. The molecule has 0 unspecified atom stereocenters. The SMILES string of the molecule is O=S(=O)(NCCCn1cccn1)c1ccc(F)c(F)c1. The number of benzene rings is 1. The fourth-order valence-corrected chi connectivity index (χ4v) is 2.69. The van der Waals surface area contributed by atoms with Gasteiger partial charge in [0.2, 0.25) is 10.0 Å². The average molecular weight is 301 g/mol. The van der Waals surface area contributed by atoms with E-state index in [9.17, 15) is 17.2 Å². The van der Waals surface area contributed by atoms with E-state index in [2.05, 4.69) is 9.82 Å². The van der Waals surface area contributed by atoms with Gasteiger partial charge in [-0.2, -0.15) is 5.10 Å². The van der Waals surface area contributed by atoms with E-state index in [4.69, 9.17) is 0 Å². The number of hydrogen-bond donors (Lipinski definition) is 1. The zero-order chi connectivity index (χ0) is 14.6. The van der Waals surface area contributed by atoms with Gasteiger partial charge < -0.3 is 0 Å². The maximum Gasteiger partial charge on any atom is 0.240 e. The van der Waals surface area contributed by atoms with Crippen LogP contribution in [0.3, 0.4) is 0 Å². The van der Waals surface area contributed by atoms with Gasteiger partial charge in [0.15, 0.2) is 11.6 Å². The van der Waals surface area contributed by atoms with Gasteiger partial charge in [-0.05, 0) is 30.7 Å². The van der Waals surface area contributed by atoms with Gasteiger partial charge in [-0.1, -0.05) is 0 Å². The lowest BCUT2D eigenvalue weighted by atomic mass is 10.3. The van der Waals surface area contributed by atoms with Crippen molar-refractivity contribution in [1.82, 2.24) is 14.5 Å². The highest BCUT2D eigenvalue weighted by atomic mass is 32.2. The summed E-state index contributed by atoms with van der Waals surface area (Å²) in [5, 5.41) is 3.98. The van der Waals surface area contributed by atoms with Crippen molar-refractivity contribution >= 4 is 10.0 Å². The summed E-state index contributed by atoms with van der Waals surface area (Å²) in [5.74, 6) is -2.27. The molecule has 0 aliphatic carbocycles. The molecule has 8 heteroatoms. The molecule has 1 heterocycles. The highest BCUT2D eigenvalue weighted by Crippen LogP contribution is 2.13. The molecule has 2 aromatic rings. The van der Waals surface area contributed by atoms with Crippen LogP contribution in [0.5, 0.6) is 0 Å². The predicted octanol–water partition coefficient (Wildman–Crippen LogP) is 1.53. The number of aromatic nitrogens is 2. The maximum absolute atomic E-state index is 13.0. The second-order valence-electron chi connectivity index (χ2n) is 4.10. The second-order valence-corrected chi connectivity index (χ2v) is 5.86. The van der Waals surface area contributed by atoms with Gasteiger partial charge in [-0.25, -0.2) is 21.9 Å². The summed E-state index contributed by atoms with van der Waals surface area (Å²) in [4.78, 5) is -0.296. The highest BCUT2D eigenvalue weighted by Gasteiger charge is 2.15. The van der Waals surface area contributed by atoms with Crippen molar-refractivity contribution in [2.24, 2.45) is 0 Å². The van der Waals surface area contributed by atoms with Crippen molar-refractivity contribution < 1.29 is 17.2 Å². The highest BCUT2D eigenvalue weighted by molar-refractivity contribution is 7.89. The summed E-state index contributed by atoms with van der Waals surface area (Å²) >= 11 is 0. The van der Waals surface area contributed by atoms with Crippen LogP contribution < -0.4 is 4.72 Å². The summed E-state index contributed by atoms with van der Waals surface area (Å²) in [7, 11) is -3.83. The molecule has 2 rings (SSSR count). The van der Waals surface area contributed by atoms with Crippen LogP contribution in [0.2, 0.25) is 0 Å². The summed E-state index contributed by atoms with van der Waals surface area (Å²) < 4.78 is 53.4. The molecule has 108 valence electrons. The van der Waals surface area contributed by atoms with Crippen molar-refractivity contribution in [1.29, 1.82) is 0 Å². The first-order chi connectivity index (χ1) is 9.49.